The number of benzene rings is 1. The van der Waals surface area contributed by atoms with Crippen molar-refractivity contribution in [1.82, 2.24) is 9.55 Å². The molecule has 3 rings (SSSR count). The molecule has 1 aromatic heterocycles. The van der Waals surface area contributed by atoms with Crippen molar-refractivity contribution in [2.45, 2.75) is 45.3 Å². The van der Waals surface area contributed by atoms with E-state index < -0.39 is 54.1 Å². The van der Waals surface area contributed by atoms with Crippen LogP contribution in [0.25, 0.3) is 11.0 Å². The zero-order chi connectivity index (χ0) is 22.2. The number of esters is 3. The van der Waals surface area contributed by atoms with E-state index in [0.29, 0.717) is 0 Å². The van der Waals surface area contributed by atoms with Crippen molar-refractivity contribution in [2.24, 2.45) is 0 Å². The fraction of sp³-hybridized carbons (Fsp3) is 0.444. The number of imidazole rings is 1. The summed E-state index contributed by atoms with van der Waals surface area (Å²) in [5, 5.41) is 0. The maximum absolute atomic E-state index is 13.9. The van der Waals surface area contributed by atoms with Gasteiger partial charge in [-0.25, -0.2) is 13.8 Å². The van der Waals surface area contributed by atoms with Gasteiger partial charge < -0.3 is 18.9 Å². The van der Waals surface area contributed by atoms with E-state index >= 15 is 0 Å². The van der Waals surface area contributed by atoms with E-state index in [1.165, 1.54) is 4.57 Å². The van der Waals surface area contributed by atoms with Gasteiger partial charge in [0.1, 0.15) is 0 Å². The molecular weight excluding hydrogens is 474 g/mol. The quantitative estimate of drug-likeness (QED) is 0.475. The molecular formula is C18H17BrF2N2O7. The highest BCUT2D eigenvalue weighted by atomic mass is 79.9. The summed E-state index contributed by atoms with van der Waals surface area (Å²) in [6.45, 7) is 3.21. The average Bonchev–Trinajstić information content (AvgIpc) is 2.92. The highest BCUT2D eigenvalue weighted by Crippen LogP contribution is 2.36. The van der Waals surface area contributed by atoms with Gasteiger partial charge in [0, 0.05) is 32.9 Å². The summed E-state index contributed by atoms with van der Waals surface area (Å²) in [6.07, 6.45) is -4.72. The van der Waals surface area contributed by atoms with E-state index in [9.17, 15) is 23.2 Å². The van der Waals surface area contributed by atoms with Gasteiger partial charge in [0.25, 0.3) is 0 Å². The summed E-state index contributed by atoms with van der Waals surface area (Å²) >= 11 is 3.21. The Kier molecular flexibility index (Phi) is 6.36. The van der Waals surface area contributed by atoms with Gasteiger partial charge in [-0.1, -0.05) is 0 Å². The first-order chi connectivity index (χ1) is 14.1. The summed E-state index contributed by atoms with van der Waals surface area (Å²) in [5.41, 5.74) is 0.243. The topological polar surface area (TPSA) is 106 Å². The summed E-state index contributed by atoms with van der Waals surface area (Å²) in [5.74, 6) is -4.31. The second kappa shape index (κ2) is 8.64. The van der Waals surface area contributed by atoms with Gasteiger partial charge >= 0.3 is 17.9 Å². The number of rotatable bonds is 4. The first-order valence-corrected chi connectivity index (χ1v) is 9.53. The molecule has 1 aliphatic heterocycles. The Morgan fingerprint density at radius 2 is 1.60 bits per heavy atom. The molecule has 0 unspecified atom stereocenters. The van der Waals surface area contributed by atoms with Gasteiger partial charge in [0.15, 0.2) is 40.9 Å². The van der Waals surface area contributed by atoms with Crippen LogP contribution in [0.1, 0.15) is 27.0 Å². The van der Waals surface area contributed by atoms with Gasteiger partial charge in [-0.05, 0) is 15.9 Å². The van der Waals surface area contributed by atoms with Gasteiger partial charge in [-0.15, -0.1) is 0 Å². The fourth-order valence-corrected chi connectivity index (χ4v) is 3.83. The summed E-state index contributed by atoms with van der Waals surface area (Å²) in [4.78, 5) is 39.0. The zero-order valence-electron chi connectivity index (χ0n) is 16.1. The van der Waals surface area contributed by atoms with Gasteiger partial charge in [0.2, 0.25) is 0 Å². The summed E-state index contributed by atoms with van der Waals surface area (Å²) in [6, 6.07) is 1.82. The number of carbonyl (C=O) groups excluding carboxylic acids is 3. The maximum Gasteiger partial charge on any atom is 0.303 e. The maximum atomic E-state index is 13.9. The number of ether oxygens (including phenoxy) is 4. The van der Waals surface area contributed by atoms with Crippen molar-refractivity contribution >= 4 is 44.9 Å². The molecule has 2 aromatic rings. The molecule has 4 atom stereocenters. The van der Waals surface area contributed by atoms with E-state index in [1.54, 1.807) is 0 Å². The molecule has 12 heteroatoms. The third-order valence-electron chi connectivity index (χ3n) is 4.27. The number of aromatic nitrogens is 2. The van der Waals surface area contributed by atoms with Crippen molar-refractivity contribution in [3.8, 4) is 0 Å². The SMILES string of the molecule is CC(=O)O[C@@H]1[C@H](OC(C)=O)[C@H](OC(C)=O)CO[C@H]1n1c(Br)nc2cc(F)c(F)cc21. The third kappa shape index (κ3) is 4.43. The number of hydrogen-bond donors (Lipinski definition) is 0. The van der Waals surface area contributed by atoms with Crippen LogP contribution in [0.15, 0.2) is 16.9 Å². The Bertz CT molecular complexity index is 1010. The highest BCUT2D eigenvalue weighted by Gasteiger charge is 2.48. The lowest BCUT2D eigenvalue weighted by Gasteiger charge is -2.41. The van der Waals surface area contributed by atoms with E-state index in [-0.39, 0.29) is 22.4 Å². The van der Waals surface area contributed by atoms with Crippen LogP contribution in [0.5, 0.6) is 0 Å². The van der Waals surface area contributed by atoms with Crippen molar-refractivity contribution in [3.05, 3.63) is 28.5 Å². The standard InChI is InChI=1S/C18H17BrF2N2O7/c1-7(24)28-14-6-27-17(16(30-9(3)26)15(14)29-8(2)25)23-13-5-11(21)10(20)4-12(13)22-18(23)19/h4-5,14-17H,6H2,1-3H3/t14-,15-,16-,17-/m1/s1. The van der Waals surface area contributed by atoms with Crippen LogP contribution in [-0.2, 0) is 33.3 Å². The van der Waals surface area contributed by atoms with Crippen molar-refractivity contribution in [1.29, 1.82) is 0 Å². The predicted octanol–water partition coefficient (Wildman–Crippen LogP) is 2.40. The molecule has 1 aromatic carbocycles. The number of halogens is 3. The minimum absolute atomic E-state index is 0.108. The molecule has 0 radical (unpaired) electrons. The van der Waals surface area contributed by atoms with E-state index in [0.717, 1.165) is 32.9 Å². The fourth-order valence-electron chi connectivity index (χ4n) is 3.25. The molecule has 30 heavy (non-hydrogen) atoms. The third-order valence-corrected chi connectivity index (χ3v) is 4.83. The Morgan fingerprint density at radius 3 is 2.20 bits per heavy atom. The Hall–Kier alpha value is -2.60. The van der Waals surface area contributed by atoms with Crippen LogP contribution >= 0.6 is 15.9 Å². The smallest absolute Gasteiger partial charge is 0.303 e. The molecule has 2 heterocycles. The first kappa shape index (κ1) is 22.1. The predicted molar refractivity (Wildman–Crippen MR) is 99.0 cm³/mol. The highest BCUT2D eigenvalue weighted by molar-refractivity contribution is 9.10. The largest absolute Gasteiger partial charge is 0.456 e. The number of nitrogens with zero attached hydrogens (tertiary/aromatic N) is 2. The van der Waals surface area contributed by atoms with Crippen molar-refractivity contribution < 1.29 is 42.1 Å². The van der Waals surface area contributed by atoms with Gasteiger partial charge in [0.05, 0.1) is 17.6 Å². The summed E-state index contributed by atoms with van der Waals surface area (Å²) in [7, 11) is 0. The van der Waals surface area contributed by atoms with Crippen LogP contribution in [0, 0.1) is 11.6 Å². The molecule has 0 bridgehead atoms. The van der Waals surface area contributed by atoms with Crippen molar-refractivity contribution in [3.63, 3.8) is 0 Å². The van der Waals surface area contributed by atoms with Crippen LogP contribution in [0.3, 0.4) is 0 Å². The lowest BCUT2D eigenvalue weighted by atomic mass is 10.0. The van der Waals surface area contributed by atoms with Crippen molar-refractivity contribution in [2.75, 3.05) is 6.61 Å². The molecule has 0 amide bonds. The number of hydrogen-bond acceptors (Lipinski definition) is 8. The van der Waals surface area contributed by atoms with Gasteiger partial charge in [-0.2, -0.15) is 0 Å². The monoisotopic (exact) mass is 490 g/mol. The second-order valence-electron chi connectivity index (χ2n) is 6.53. The second-order valence-corrected chi connectivity index (χ2v) is 7.24. The molecule has 1 fully saturated rings. The van der Waals surface area contributed by atoms with Crippen LogP contribution in [0.4, 0.5) is 8.78 Å². The van der Waals surface area contributed by atoms with E-state index in [4.69, 9.17) is 18.9 Å². The lowest BCUT2D eigenvalue weighted by molar-refractivity contribution is -0.239. The molecule has 1 saturated heterocycles. The normalized spacial score (nSPS) is 23.8. The lowest BCUT2D eigenvalue weighted by Crippen LogP contribution is -2.55. The van der Waals surface area contributed by atoms with Crippen LogP contribution < -0.4 is 0 Å². The molecule has 162 valence electrons. The first-order valence-electron chi connectivity index (χ1n) is 8.74. The average molecular weight is 491 g/mol. The minimum Gasteiger partial charge on any atom is -0.456 e. The minimum atomic E-state index is -1.29. The molecule has 0 spiro atoms. The van der Waals surface area contributed by atoms with E-state index in [2.05, 4.69) is 20.9 Å². The Morgan fingerprint density at radius 1 is 1.03 bits per heavy atom. The molecule has 0 saturated carbocycles. The van der Waals surface area contributed by atoms with Crippen LogP contribution in [0.2, 0.25) is 0 Å². The molecule has 9 nitrogen and oxygen atoms in total. The number of carbonyl (C=O) groups is 3. The Labute approximate surface area is 177 Å². The number of fused-ring (bicyclic) bond motifs is 1. The molecule has 0 aliphatic carbocycles. The van der Waals surface area contributed by atoms with E-state index in [1.807, 2.05) is 0 Å². The molecule has 1 aliphatic rings. The summed E-state index contributed by atoms with van der Waals surface area (Å²) < 4.78 is 50.5. The van der Waals surface area contributed by atoms with Gasteiger partial charge in [-0.3, -0.25) is 19.0 Å². The molecule has 0 N–H and O–H groups in total. The zero-order valence-corrected chi connectivity index (χ0v) is 17.6. The van der Waals surface area contributed by atoms with Crippen LogP contribution in [-0.4, -0.2) is 52.4 Å². The Balaban J connectivity index is 2.11.